The molecular weight excluding hydrogens is 354 g/mol. The number of fused-ring (bicyclic) bond motifs is 1. The predicted molar refractivity (Wildman–Crippen MR) is 102 cm³/mol. The Hall–Kier alpha value is -3.20. The maximum absolute atomic E-state index is 4.79. The van der Waals surface area contributed by atoms with Crippen LogP contribution in [0.5, 0.6) is 0 Å². The monoisotopic (exact) mass is 375 g/mol. The first-order valence-electron chi connectivity index (χ1n) is 9.54. The molecule has 0 bridgehead atoms. The number of likely N-dealkylation sites (tertiary alicyclic amines) is 1. The van der Waals surface area contributed by atoms with Crippen LogP contribution in [0.3, 0.4) is 0 Å². The van der Waals surface area contributed by atoms with Gasteiger partial charge in [0, 0.05) is 30.4 Å². The van der Waals surface area contributed by atoms with Gasteiger partial charge in [0.1, 0.15) is 12.7 Å². The van der Waals surface area contributed by atoms with Gasteiger partial charge in [-0.05, 0) is 50.2 Å². The minimum absolute atomic E-state index is 0.370. The van der Waals surface area contributed by atoms with Gasteiger partial charge in [-0.2, -0.15) is 14.7 Å². The molecule has 4 aromatic rings. The second kappa shape index (κ2) is 7.43. The molecule has 142 valence electrons. The van der Waals surface area contributed by atoms with Gasteiger partial charge in [-0.3, -0.25) is 9.67 Å². The standard InChI is InChI=1S/C19H21N9/c1-2-16(12-20-7-1)17-3-4-18-23-24-19(28(18)25-17)15-5-8-26(9-6-15)10-11-27-14-21-13-22-27/h1-4,7,12-15H,5-6,8-11H2. The minimum atomic E-state index is 0.370. The third-order valence-corrected chi connectivity index (χ3v) is 5.31. The first-order chi connectivity index (χ1) is 13.9. The van der Waals surface area contributed by atoms with Crippen LogP contribution in [-0.2, 0) is 6.54 Å². The molecule has 0 aromatic carbocycles. The predicted octanol–water partition coefficient (Wildman–Crippen LogP) is 1.66. The molecule has 5 heterocycles. The van der Waals surface area contributed by atoms with Crippen LogP contribution in [0, 0.1) is 0 Å². The van der Waals surface area contributed by atoms with Gasteiger partial charge >= 0.3 is 0 Å². The second-order valence-electron chi connectivity index (χ2n) is 7.06. The molecule has 0 aliphatic carbocycles. The SMILES string of the molecule is c1cncc(-c2ccc3nnc(C4CCN(CCn5cncn5)CC4)n3n2)c1. The van der Waals surface area contributed by atoms with Crippen molar-refractivity contribution in [3.8, 4) is 11.3 Å². The Morgan fingerprint density at radius 2 is 1.93 bits per heavy atom. The molecule has 0 saturated carbocycles. The maximum atomic E-state index is 4.79. The number of piperidine rings is 1. The lowest BCUT2D eigenvalue weighted by atomic mass is 9.96. The molecule has 0 unspecified atom stereocenters. The van der Waals surface area contributed by atoms with E-state index in [9.17, 15) is 0 Å². The third-order valence-electron chi connectivity index (χ3n) is 5.31. The van der Waals surface area contributed by atoms with Gasteiger partial charge in [0.15, 0.2) is 11.5 Å². The van der Waals surface area contributed by atoms with Gasteiger partial charge in [-0.15, -0.1) is 10.2 Å². The largest absolute Gasteiger partial charge is 0.301 e. The van der Waals surface area contributed by atoms with Crippen molar-refractivity contribution >= 4 is 5.65 Å². The average molecular weight is 375 g/mol. The first-order valence-corrected chi connectivity index (χ1v) is 9.54. The number of hydrogen-bond donors (Lipinski definition) is 0. The molecule has 0 N–H and O–H groups in total. The molecule has 0 amide bonds. The van der Waals surface area contributed by atoms with E-state index in [1.54, 1.807) is 18.9 Å². The van der Waals surface area contributed by atoms with Crippen LogP contribution < -0.4 is 0 Å². The van der Waals surface area contributed by atoms with Crippen LogP contribution in [0.15, 0.2) is 49.3 Å². The van der Waals surface area contributed by atoms with E-state index in [1.807, 2.05) is 39.7 Å². The number of nitrogens with zero attached hydrogens (tertiary/aromatic N) is 9. The summed E-state index contributed by atoms with van der Waals surface area (Å²) in [6, 6.07) is 7.87. The van der Waals surface area contributed by atoms with Crippen LogP contribution in [0.4, 0.5) is 0 Å². The maximum Gasteiger partial charge on any atom is 0.177 e. The summed E-state index contributed by atoms with van der Waals surface area (Å²) in [5.41, 5.74) is 2.66. The normalized spacial score (nSPS) is 16.0. The fourth-order valence-corrected chi connectivity index (χ4v) is 3.74. The highest BCUT2D eigenvalue weighted by Gasteiger charge is 2.25. The molecule has 4 aromatic heterocycles. The Bertz CT molecular complexity index is 1030. The summed E-state index contributed by atoms with van der Waals surface area (Å²) >= 11 is 0. The van der Waals surface area contributed by atoms with Crippen LogP contribution in [-0.4, -0.2) is 64.1 Å². The lowest BCUT2D eigenvalue weighted by molar-refractivity contribution is 0.199. The topological polar surface area (TPSA) is 89.9 Å². The zero-order valence-corrected chi connectivity index (χ0v) is 15.5. The summed E-state index contributed by atoms with van der Waals surface area (Å²) in [6.45, 7) is 3.93. The molecule has 1 aliphatic heterocycles. The summed E-state index contributed by atoms with van der Waals surface area (Å²) in [4.78, 5) is 10.7. The quantitative estimate of drug-likeness (QED) is 0.524. The van der Waals surface area contributed by atoms with Gasteiger partial charge in [-0.1, -0.05) is 0 Å². The molecule has 1 fully saturated rings. The smallest absolute Gasteiger partial charge is 0.177 e. The highest BCUT2D eigenvalue weighted by atomic mass is 15.4. The average Bonchev–Trinajstić information content (AvgIpc) is 3.43. The molecule has 5 rings (SSSR count). The summed E-state index contributed by atoms with van der Waals surface area (Å²) in [5.74, 6) is 1.32. The number of aromatic nitrogens is 8. The molecule has 28 heavy (non-hydrogen) atoms. The summed E-state index contributed by atoms with van der Waals surface area (Å²) in [5, 5.41) is 17.7. The zero-order chi connectivity index (χ0) is 18.8. The molecule has 9 nitrogen and oxygen atoms in total. The van der Waals surface area contributed by atoms with Crippen LogP contribution in [0.25, 0.3) is 16.9 Å². The minimum Gasteiger partial charge on any atom is -0.301 e. The van der Waals surface area contributed by atoms with Crippen LogP contribution >= 0.6 is 0 Å². The summed E-state index contributed by atoms with van der Waals surface area (Å²) < 4.78 is 3.78. The summed E-state index contributed by atoms with van der Waals surface area (Å²) in [6.07, 6.45) is 9.04. The fourth-order valence-electron chi connectivity index (χ4n) is 3.74. The van der Waals surface area contributed by atoms with E-state index in [2.05, 4.69) is 30.2 Å². The second-order valence-corrected chi connectivity index (χ2v) is 7.06. The first kappa shape index (κ1) is 16.9. The van der Waals surface area contributed by atoms with E-state index >= 15 is 0 Å². The lowest BCUT2D eigenvalue weighted by Gasteiger charge is -2.30. The zero-order valence-electron chi connectivity index (χ0n) is 15.5. The number of hydrogen-bond acceptors (Lipinski definition) is 7. The van der Waals surface area contributed by atoms with E-state index in [0.717, 1.165) is 61.7 Å². The van der Waals surface area contributed by atoms with Gasteiger partial charge in [0.2, 0.25) is 0 Å². The Balaban J connectivity index is 1.30. The lowest BCUT2D eigenvalue weighted by Crippen LogP contribution is -2.35. The van der Waals surface area contributed by atoms with Crippen LogP contribution in [0.1, 0.15) is 24.6 Å². The molecular formula is C19H21N9. The highest BCUT2D eigenvalue weighted by molar-refractivity contribution is 5.58. The number of rotatable bonds is 5. The van der Waals surface area contributed by atoms with Crippen LogP contribution in [0.2, 0.25) is 0 Å². The summed E-state index contributed by atoms with van der Waals surface area (Å²) in [7, 11) is 0. The Morgan fingerprint density at radius 3 is 2.71 bits per heavy atom. The van der Waals surface area contributed by atoms with Crippen molar-refractivity contribution in [1.29, 1.82) is 0 Å². The Labute approximate surface area is 162 Å². The van der Waals surface area contributed by atoms with E-state index in [1.165, 1.54) is 0 Å². The van der Waals surface area contributed by atoms with Crippen molar-refractivity contribution < 1.29 is 0 Å². The van der Waals surface area contributed by atoms with Gasteiger partial charge in [0.05, 0.1) is 12.2 Å². The number of pyridine rings is 1. The Kier molecular flexibility index (Phi) is 4.50. The van der Waals surface area contributed by atoms with E-state index in [4.69, 9.17) is 5.10 Å². The molecule has 0 atom stereocenters. The Morgan fingerprint density at radius 1 is 1.00 bits per heavy atom. The van der Waals surface area contributed by atoms with Crippen molar-refractivity contribution in [2.75, 3.05) is 19.6 Å². The molecule has 0 spiro atoms. The van der Waals surface area contributed by atoms with E-state index in [-0.39, 0.29) is 0 Å². The molecule has 0 radical (unpaired) electrons. The van der Waals surface area contributed by atoms with Gasteiger partial charge in [0.25, 0.3) is 0 Å². The molecule has 1 aliphatic rings. The fraction of sp³-hybridized carbons (Fsp3) is 0.368. The third kappa shape index (κ3) is 3.36. The van der Waals surface area contributed by atoms with Crippen molar-refractivity contribution in [2.45, 2.75) is 25.3 Å². The highest BCUT2D eigenvalue weighted by Crippen LogP contribution is 2.27. The van der Waals surface area contributed by atoms with E-state index < -0.39 is 0 Å². The van der Waals surface area contributed by atoms with Crippen molar-refractivity contribution in [3.05, 3.63) is 55.1 Å². The van der Waals surface area contributed by atoms with Gasteiger partial charge in [-0.25, -0.2) is 4.98 Å². The van der Waals surface area contributed by atoms with Crippen molar-refractivity contribution in [3.63, 3.8) is 0 Å². The van der Waals surface area contributed by atoms with Gasteiger partial charge < -0.3 is 4.90 Å². The van der Waals surface area contributed by atoms with Crippen molar-refractivity contribution in [1.82, 2.24) is 44.5 Å². The molecule has 1 saturated heterocycles. The van der Waals surface area contributed by atoms with E-state index in [0.29, 0.717) is 5.92 Å². The molecule has 9 heteroatoms. The van der Waals surface area contributed by atoms with Crippen molar-refractivity contribution in [2.24, 2.45) is 0 Å².